The molecule has 1 rings (SSSR count). The van der Waals surface area contributed by atoms with Gasteiger partial charge in [-0.25, -0.2) is 9.78 Å². The maximum Gasteiger partial charge on any atom is 0.326 e. The number of carboxylic acid groups (broad SMARTS) is 1. The molecule has 0 aliphatic heterocycles. The number of aliphatic carboxylic acids is 1. The van der Waals surface area contributed by atoms with Gasteiger partial charge >= 0.3 is 5.97 Å². The largest absolute Gasteiger partial charge is 0.480 e. The summed E-state index contributed by atoms with van der Waals surface area (Å²) in [6, 6.07) is -0.397. The minimum absolute atomic E-state index is 0.144. The highest BCUT2D eigenvalue weighted by Crippen LogP contribution is 2.20. The van der Waals surface area contributed by atoms with Crippen LogP contribution in [0.2, 0.25) is 5.15 Å². The van der Waals surface area contributed by atoms with Crippen molar-refractivity contribution in [3.8, 4) is 0 Å². The molecule has 0 unspecified atom stereocenters. The van der Waals surface area contributed by atoms with Crippen molar-refractivity contribution in [3.63, 3.8) is 0 Å². The number of halogens is 1. The van der Waals surface area contributed by atoms with Crippen LogP contribution in [-0.4, -0.2) is 44.6 Å². The van der Waals surface area contributed by atoms with Crippen LogP contribution in [-0.2, 0) is 4.79 Å². The van der Waals surface area contributed by atoms with Crippen LogP contribution in [0.1, 0.15) is 16.8 Å². The van der Waals surface area contributed by atoms with Crippen molar-refractivity contribution >= 4 is 29.2 Å². The molecular formula is C10H10ClN3O6. The molecule has 1 heterocycles. The number of aliphatic hydroxyl groups excluding tert-OH is 1. The maximum absolute atomic E-state index is 11.9. The molecule has 0 spiro atoms. The SMILES string of the molecule is O=C(N[C@@H](CCO)C(=O)O)c1cc(Cl)ncc1[N+](=O)[O-]. The molecule has 0 bridgehead atoms. The summed E-state index contributed by atoms with van der Waals surface area (Å²) in [4.78, 5) is 36.1. The van der Waals surface area contributed by atoms with E-state index >= 15 is 0 Å². The molecule has 9 nitrogen and oxygen atoms in total. The molecule has 0 saturated heterocycles. The standard InChI is InChI=1S/C10H10ClN3O6/c11-8-3-5(7(4-12-8)14(19)20)9(16)13-6(1-2-15)10(17)18/h3-4,6,15H,1-2H2,(H,13,16)(H,17,18)/t6-/m0/s1. The number of nitro groups is 1. The summed E-state index contributed by atoms with van der Waals surface area (Å²) >= 11 is 5.56. The number of carbonyl (C=O) groups excluding carboxylic acids is 1. The summed E-state index contributed by atoms with van der Waals surface area (Å²) in [5, 5.41) is 30.2. The molecule has 0 aliphatic carbocycles. The lowest BCUT2D eigenvalue weighted by atomic mass is 10.1. The van der Waals surface area contributed by atoms with Crippen molar-refractivity contribution in [2.45, 2.75) is 12.5 Å². The number of amides is 1. The van der Waals surface area contributed by atoms with Gasteiger partial charge in [0.2, 0.25) is 0 Å². The lowest BCUT2D eigenvalue weighted by Gasteiger charge is -2.13. The number of hydrogen-bond donors (Lipinski definition) is 3. The summed E-state index contributed by atoms with van der Waals surface area (Å²) < 4.78 is 0. The smallest absolute Gasteiger partial charge is 0.326 e. The zero-order chi connectivity index (χ0) is 15.3. The average molecular weight is 304 g/mol. The average Bonchev–Trinajstić information content (AvgIpc) is 2.37. The normalized spacial score (nSPS) is 11.7. The third kappa shape index (κ3) is 3.87. The van der Waals surface area contributed by atoms with Crippen LogP contribution >= 0.6 is 11.6 Å². The van der Waals surface area contributed by atoms with Gasteiger partial charge in [0, 0.05) is 13.0 Å². The second-order valence-electron chi connectivity index (χ2n) is 3.66. The molecule has 0 saturated carbocycles. The van der Waals surface area contributed by atoms with Crippen molar-refractivity contribution in [2.24, 2.45) is 0 Å². The lowest BCUT2D eigenvalue weighted by Crippen LogP contribution is -2.41. The van der Waals surface area contributed by atoms with E-state index in [1.54, 1.807) is 0 Å². The van der Waals surface area contributed by atoms with Crippen molar-refractivity contribution in [3.05, 3.63) is 33.1 Å². The van der Waals surface area contributed by atoms with Gasteiger partial charge in [-0.3, -0.25) is 14.9 Å². The Morgan fingerprint density at radius 3 is 2.70 bits per heavy atom. The first kappa shape index (κ1) is 15.8. The van der Waals surface area contributed by atoms with Crippen LogP contribution in [0.25, 0.3) is 0 Å². The summed E-state index contributed by atoms with van der Waals surface area (Å²) in [5.74, 6) is -2.35. The molecule has 0 aromatic carbocycles. The molecule has 1 aromatic heterocycles. The molecule has 10 heteroatoms. The van der Waals surface area contributed by atoms with E-state index in [-0.39, 0.29) is 11.6 Å². The highest BCUT2D eigenvalue weighted by molar-refractivity contribution is 6.29. The highest BCUT2D eigenvalue weighted by Gasteiger charge is 2.26. The Morgan fingerprint density at radius 2 is 2.20 bits per heavy atom. The summed E-state index contributed by atoms with van der Waals surface area (Å²) in [6.45, 7) is -0.462. The van der Waals surface area contributed by atoms with Crippen LogP contribution in [0.3, 0.4) is 0 Å². The Balaban J connectivity index is 3.05. The number of rotatable bonds is 6. The number of pyridine rings is 1. The first-order valence-corrected chi connectivity index (χ1v) is 5.69. The van der Waals surface area contributed by atoms with Crippen molar-refractivity contribution in [2.75, 3.05) is 6.61 Å². The van der Waals surface area contributed by atoms with Crippen LogP contribution in [0, 0.1) is 10.1 Å². The number of aliphatic hydroxyl groups is 1. The molecule has 0 radical (unpaired) electrons. The molecule has 0 fully saturated rings. The molecule has 1 amide bonds. The van der Waals surface area contributed by atoms with Crippen LogP contribution in [0.4, 0.5) is 5.69 Å². The van der Waals surface area contributed by atoms with Crippen LogP contribution < -0.4 is 5.32 Å². The third-order valence-corrected chi connectivity index (χ3v) is 2.52. The summed E-state index contributed by atoms with van der Waals surface area (Å²) in [7, 11) is 0. The monoisotopic (exact) mass is 303 g/mol. The first-order chi connectivity index (χ1) is 9.36. The second kappa shape index (κ2) is 6.78. The lowest BCUT2D eigenvalue weighted by molar-refractivity contribution is -0.385. The minimum Gasteiger partial charge on any atom is -0.480 e. The third-order valence-electron chi connectivity index (χ3n) is 2.31. The summed E-state index contributed by atoms with van der Waals surface area (Å²) in [5.41, 5.74) is -1.00. The Bertz CT molecular complexity index is 550. The summed E-state index contributed by atoms with van der Waals surface area (Å²) in [6.07, 6.45) is 0.576. The van der Waals surface area contributed by atoms with Gasteiger partial charge in [0.05, 0.1) is 4.92 Å². The molecule has 108 valence electrons. The zero-order valence-electron chi connectivity index (χ0n) is 9.95. The Kier molecular flexibility index (Phi) is 5.35. The molecule has 1 aromatic rings. The van der Waals surface area contributed by atoms with Crippen molar-refractivity contribution in [1.82, 2.24) is 10.3 Å². The number of carboxylic acids is 1. The number of nitrogens with zero attached hydrogens (tertiary/aromatic N) is 2. The molecular weight excluding hydrogens is 294 g/mol. The van der Waals surface area contributed by atoms with Gasteiger partial charge in [0.1, 0.15) is 23.0 Å². The van der Waals surface area contributed by atoms with E-state index in [4.69, 9.17) is 21.8 Å². The number of aromatic nitrogens is 1. The Morgan fingerprint density at radius 1 is 1.55 bits per heavy atom. The predicted molar refractivity (Wildman–Crippen MR) is 66.5 cm³/mol. The fraction of sp³-hybridized carbons (Fsp3) is 0.300. The number of hydrogen-bond acceptors (Lipinski definition) is 6. The van der Waals surface area contributed by atoms with E-state index in [1.165, 1.54) is 0 Å². The number of carbonyl (C=O) groups is 2. The highest BCUT2D eigenvalue weighted by atomic mass is 35.5. The quantitative estimate of drug-likeness (QED) is 0.387. The topological polar surface area (TPSA) is 143 Å². The van der Waals surface area contributed by atoms with Gasteiger partial charge in [-0.05, 0) is 6.07 Å². The fourth-order valence-corrected chi connectivity index (χ4v) is 1.53. The van der Waals surface area contributed by atoms with E-state index in [1.807, 2.05) is 0 Å². The first-order valence-electron chi connectivity index (χ1n) is 5.31. The predicted octanol–water partition coefficient (Wildman–Crippen LogP) is 0.209. The van der Waals surface area contributed by atoms with E-state index in [2.05, 4.69) is 10.3 Å². The Hall–Kier alpha value is -2.26. The Labute approximate surface area is 117 Å². The van der Waals surface area contributed by atoms with Gasteiger partial charge < -0.3 is 15.5 Å². The van der Waals surface area contributed by atoms with Gasteiger partial charge in [0.25, 0.3) is 11.6 Å². The van der Waals surface area contributed by atoms with E-state index < -0.39 is 40.7 Å². The second-order valence-corrected chi connectivity index (χ2v) is 4.05. The van der Waals surface area contributed by atoms with Gasteiger partial charge in [-0.15, -0.1) is 0 Å². The molecule has 0 aliphatic rings. The molecule has 20 heavy (non-hydrogen) atoms. The van der Waals surface area contributed by atoms with E-state index in [9.17, 15) is 19.7 Å². The maximum atomic E-state index is 11.9. The molecule has 3 N–H and O–H groups in total. The van der Waals surface area contributed by atoms with Gasteiger partial charge in [-0.1, -0.05) is 11.6 Å². The zero-order valence-corrected chi connectivity index (χ0v) is 10.7. The van der Waals surface area contributed by atoms with Crippen LogP contribution in [0.5, 0.6) is 0 Å². The minimum atomic E-state index is -1.37. The fourth-order valence-electron chi connectivity index (χ4n) is 1.37. The van der Waals surface area contributed by atoms with Gasteiger partial charge in [0.15, 0.2) is 0 Å². The van der Waals surface area contributed by atoms with Gasteiger partial charge in [-0.2, -0.15) is 0 Å². The van der Waals surface area contributed by atoms with Crippen LogP contribution in [0.15, 0.2) is 12.3 Å². The van der Waals surface area contributed by atoms with E-state index in [0.29, 0.717) is 0 Å². The van der Waals surface area contributed by atoms with Crippen molar-refractivity contribution < 1.29 is 24.7 Å². The number of nitrogens with one attached hydrogen (secondary N) is 1. The van der Waals surface area contributed by atoms with E-state index in [0.717, 1.165) is 12.3 Å². The van der Waals surface area contributed by atoms with Crippen molar-refractivity contribution in [1.29, 1.82) is 0 Å². The molecule has 1 atom stereocenters.